The molecule has 0 spiro atoms. The number of hydrogen-bond donors (Lipinski definition) is 1. The molecule has 2 N–H and O–H groups in total. The molecule has 0 saturated carbocycles. The van der Waals surface area contributed by atoms with Gasteiger partial charge in [0.25, 0.3) is 0 Å². The van der Waals surface area contributed by atoms with Crippen LogP contribution in [-0.4, -0.2) is 25.5 Å². The normalized spacial score (nSPS) is 11.3. The number of rotatable bonds is 4. The Kier molecular flexibility index (Phi) is 4.55. The molecule has 1 aromatic rings. The summed E-state index contributed by atoms with van der Waals surface area (Å²) >= 11 is 0. The summed E-state index contributed by atoms with van der Waals surface area (Å²) in [7, 11) is 0. The van der Waals surface area contributed by atoms with Crippen molar-refractivity contribution in [2.45, 2.75) is 13.3 Å². The summed E-state index contributed by atoms with van der Waals surface area (Å²) in [5, 5.41) is 0. The number of benzene rings is 1. The molecule has 0 saturated heterocycles. The molecule has 0 heterocycles. The molecule has 0 radical (unpaired) electrons. The molecule has 0 aromatic heterocycles. The van der Waals surface area contributed by atoms with Crippen LogP contribution in [0, 0.1) is 6.92 Å². The van der Waals surface area contributed by atoms with E-state index in [1.54, 1.807) is 13.0 Å². The van der Waals surface area contributed by atoms with E-state index in [1.807, 2.05) is 0 Å². The lowest BCUT2D eigenvalue weighted by Crippen LogP contribution is -2.19. The molecule has 4 nitrogen and oxygen atoms in total. The molecule has 1 aromatic carbocycles. The Morgan fingerprint density at radius 2 is 2.00 bits per heavy atom. The summed E-state index contributed by atoms with van der Waals surface area (Å²) < 4.78 is 43.0. The highest BCUT2D eigenvalue weighted by molar-refractivity contribution is 5.91. The van der Waals surface area contributed by atoms with Gasteiger partial charge in [-0.15, -0.1) is 13.2 Å². The van der Waals surface area contributed by atoms with Crippen LogP contribution in [0.4, 0.5) is 18.9 Å². The first-order valence-corrected chi connectivity index (χ1v) is 5.03. The summed E-state index contributed by atoms with van der Waals surface area (Å²) in [4.78, 5) is 11.5. The molecule has 0 bridgehead atoms. The SMILES string of the molecule is Cc1cc(N)ccc1C(=O)OCCOC(F)(F)F. The fraction of sp³-hybridized carbons (Fsp3) is 0.364. The number of hydrogen-bond acceptors (Lipinski definition) is 4. The number of carbonyl (C=O) groups excluding carboxylic acids is 1. The van der Waals surface area contributed by atoms with Gasteiger partial charge in [-0.2, -0.15) is 0 Å². The van der Waals surface area contributed by atoms with Crippen molar-refractivity contribution in [3.63, 3.8) is 0 Å². The summed E-state index contributed by atoms with van der Waals surface area (Å²) in [5.41, 5.74) is 6.84. The number of aryl methyl sites for hydroxylation is 1. The van der Waals surface area contributed by atoms with E-state index in [-0.39, 0.29) is 5.56 Å². The minimum Gasteiger partial charge on any atom is -0.460 e. The fourth-order valence-corrected chi connectivity index (χ4v) is 1.29. The van der Waals surface area contributed by atoms with Crippen LogP contribution in [0.1, 0.15) is 15.9 Å². The average Bonchev–Trinajstić information content (AvgIpc) is 2.22. The zero-order chi connectivity index (χ0) is 13.8. The molecular weight excluding hydrogens is 251 g/mol. The fourth-order valence-electron chi connectivity index (χ4n) is 1.29. The Balaban J connectivity index is 2.46. The lowest BCUT2D eigenvalue weighted by Gasteiger charge is -2.09. The number of alkyl halides is 3. The molecule has 7 heteroatoms. The van der Waals surface area contributed by atoms with Gasteiger partial charge in [-0.05, 0) is 30.7 Å². The lowest BCUT2D eigenvalue weighted by molar-refractivity contribution is -0.326. The van der Waals surface area contributed by atoms with E-state index in [9.17, 15) is 18.0 Å². The van der Waals surface area contributed by atoms with Gasteiger partial charge in [-0.25, -0.2) is 4.79 Å². The Hall–Kier alpha value is -1.76. The highest BCUT2D eigenvalue weighted by Crippen LogP contribution is 2.16. The van der Waals surface area contributed by atoms with Crippen LogP contribution in [0.5, 0.6) is 0 Å². The number of halogens is 3. The van der Waals surface area contributed by atoms with Crippen molar-refractivity contribution in [2.24, 2.45) is 0 Å². The van der Waals surface area contributed by atoms with Gasteiger partial charge < -0.3 is 10.5 Å². The molecule has 0 aliphatic rings. The standard InChI is InChI=1S/C11H12F3NO3/c1-7-6-8(15)2-3-9(7)10(16)17-4-5-18-11(12,13)14/h2-3,6H,4-5,15H2,1H3. The van der Waals surface area contributed by atoms with Crippen LogP contribution in [0.15, 0.2) is 18.2 Å². The van der Waals surface area contributed by atoms with Gasteiger partial charge >= 0.3 is 12.3 Å². The maximum absolute atomic E-state index is 11.6. The predicted molar refractivity (Wildman–Crippen MR) is 57.9 cm³/mol. The monoisotopic (exact) mass is 263 g/mol. The highest BCUT2D eigenvalue weighted by atomic mass is 19.4. The van der Waals surface area contributed by atoms with E-state index in [0.29, 0.717) is 11.3 Å². The number of nitrogens with two attached hydrogens (primary N) is 1. The van der Waals surface area contributed by atoms with E-state index in [2.05, 4.69) is 9.47 Å². The third-order valence-electron chi connectivity index (χ3n) is 2.05. The molecule has 100 valence electrons. The van der Waals surface area contributed by atoms with Gasteiger partial charge in [0.05, 0.1) is 12.2 Å². The number of nitrogen functional groups attached to an aromatic ring is 1. The first-order chi connectivity index (χ1) is 8.29. The molecule has 0 aliphatic carbocycles. The molecule has 0 unspecified atom stereocenters. The van der Waals surface area contributed by atoms with Crippen molar-refractivity contribution in [2.75, 3.05) is 18.9 Å². The zero-order valence-corrected chi connectivity index (χ0v) is 9.58. The van der Waals surface area contributed by atoms with Crippen molar-refractivity contribution in [1.29, 1.82) is 0 Å². The Bertz CT molecular complexity index is 432. The second kappa shape index (κ2) is 5.72. The van der Waals surface area contributed by atoms with Crippen molar-refractivity contribution < 1.29 is 27.4 Å². The van der Waals surface area contributed by atoms with E-state index < -0.39 is 25.5 Å². The van der Waals surface area contributed by atoms with Crippen LogP contribution in [0.3, 0.4) is 0 Å². The molecule has 0 atom stereocenters. The third kappa shape index (κ3) is 4.62. The summed E-state index contributed by atoms with van der Waals surface area (Å²) in [5.74, 6) is -0.710. The minimum absolute atomic E-state index is 0.260. The number of ether oxygens (including phenoxy) is 2. The number of anilines is 1. The highest BCUT2D eigenvalue weighted by Gasteiger charge is 2.28. The van der Waals surface area contributed by atoms with E-state index in [0.717, 1.165) is 0 Å². The van der Waals surface area contributed by atoms with E-state index in [1.165, 1.54) is 12.1 Å². The molecule has 0 amide bonds. The first-order valence-electron chi connectivity index (χ1n) is 5.03. The van der Waals surface area contributed by atoms with Crippen LogP contribution >= 0.6 is 0 Å². The Morgan fingerprint density at radius 3 is 2.56 bits per heavy atom. The van der Waals surface area contributed by atoms with Crippen LogP contribution in [-0.2, 0) is 9.47 Å². The van der Waals surface area contributed by atoms with Gasteiger partial charge in [0, 0.05) is 5.69 Å². The Labute approximate surface area is 101 Å². The number of esters is 1. The quantitative estimate of drug-likeness (QED) is 0.514. The number of carbonyl (C=O) groups is 1. The van der Waals surface area contributed by atoms with Crippen molar-refractivity contribution >= 4 is 11.7 Å². The average molecular weight is 263 g/mol. The summed E-state index contributed by atoms with van der Waals surface area (Å²) in [6.07, 6.45) is -4.72. The smallest absolute Gasteiger partial charge is 0.460 e. The van der Waals surface area contributed by atoms with E-state index >= 15 is 0 Å². The van der Waals surface area contributed by atoms with Gasteiger partial charge in [-0.1, -0.05) is 0 Å². The van der Waals surface area contributed by atoms with E-state index in [4.69, 9.17) is 5.73 Å². The largest absolute Gasteiger partial charge is 0.522 e. The van der Waals surface area contributed by atoms with Crippen molar-refractivity contribution in [3.8, 4) is 0 Å². The minimum atomic E-state index is -4.72. The topological polar surface area (TPSA) is 61.6 Å². The summed E-state index contributed by atoms with van der Waals surface area (Å²) in [6.45, 7) is 0.449. The van der Waals surface area contributed by atoms with Crippen LogP contribution in [0.25, 0.3) is 0 Å². The van der Waals surface area contributed by atoms with Gasteiger partial charge in [0.1, 0.15) is 6.61 Å². The molecule has 0 fully saturated rings. The molecular formula is C11H12F3NO3. The van der Waals surface area contributed by atoms with Gasteiger partial charge in [0.2, 0.25) is 0 Å². The Morgan fingerprint density at radius 1 is 1.33 bits per heavy atom. The van der Waals surface area contributed by atoms with Crippen LogP contribution in [0.2, 0.25) is 0 Å². The molecule has 1 rings (SSSR count). The summed E-state index contributed by atoms with van der Waals surface area (Å²) in [6, 6.07) is 4.54. The molecule has 0 aliphatic heterocycles. The second-order valence-electron chi connectivity index (χ2n) is 3.50. The second-order valence-corrected chi connectivity index (χ2v) is 3.50. The molecule has 18 heavy (non-hydrogen) atoms. The van der Waals surface area contributed by atoms with Gasteiger partial charge in [-0.3, -0.25) is 4.74 Å². The van der Waals surface area contributed by atoms with Gasteiger partial charge in [0.15, 0.2) is 0 Å². The first kappa shape index (κ1) is 14.3. The van der Waals surface area contributed by atoms with Crippen LogP contribution < -0.4 is 5.73 Å². The third-order valence-corrected chi connectivity index (χ3v) is 2.05. The van der Waals surface area contributed by atoms with Crippen molar-refractivity contribution in [1.82, 2.24) is 0 Å². The maximum Gasteiger partial charge on any atom is 0.522 e. The van der Waals surface area contributed by atoms with Crippen molar-refractivity contribution in [3.05, 3.63) is 29.3 Å². The zero-order valence-electron chi connectivity index (χ0n) is 9.58. The predicted octanol–water partition coefficient (Wildman–Crippen LogP) is 2.27. The lowest BCUT2D eigenvalue weighted by atomic mass is 10.1. The maximum atomic E-state index is 11.6.